The molecule has 1 aromatic carbocycles. The molecule has 0 saturated heterocycles. The number of anilines is 1. The van der Waals surface area contributed by atoms with Crippen LogP contribution in [-0.4, -0.2) is 9.78 Å². The number of nitrogens with one attached hydrogen (secondary N) is 1. The van der Waals surface area contributed by atoms with Gasteiger partial charge < -0.3 is 5.32 Å². The van der Waals surface area contributed by atoms with Crippen LogP contribution < -0.4 is 5.32 Å². The maximum atomic E-state index is 13.0. The van der Waals surface area contributed by atoms with E-state index < -0.39 is 17.5 Å². The van der Waals surface area contributed by atoms with Crippen molar-refractivity contribution < 1.29 is 13.2 Å². The van der Waals surface area contributed by atoms with Gasteiger partial charge in [-0.05, 0) is 24.6 Å². The summed E-state index contributed by atoms with van der Waals surface area (Å²) in [7, 11) is 1.77. The molecule has 96 valence electrons. The van der Waals surface area contributed by atoms with Crippen LogP contribution in [0.4, 0.5) is 18.9 Å². The van der Waals surface area contributed by atoms with Gasteiger partial charge in [0.25, 0.3) is 0 Å². The SMILES string of the molecule is Cc1nn(C)cc1NCc1cc(F)c(F)c(F)c1. The van der Waals surface area contributed by atoms with E-state index in [4.69, 9.17) is 0 Å². The van der Waals surface area contributed by atoms with Crippen molar-refractivity contribution in [1.29, 1.82) is 0 Å². The largest absolute Gasteiger partial charge is 0.378 e. The number of aromatic nitrogens is 2. The Morgan fingerprint density at radius 2 is 1.83 bits per heavy atom. The standard InChI is InChI=1S/C12H12F3N3/c1-7-11(6-18(2)17-7)16-5-8-3-9(13)12(15)10(14)4-8/h3-4,6,16H,5H2,1-2H3. The van der Waals surface area contributed by atoms with Gasteiger partial charge in [0.2, 0.25) is 0 Å². The molecule has 0 atom stereocenters. The highest BCUT2D eigenvalue weighted by molar-refractivity contribution is 5.46. The Kier molecular flexibility index (Phi) is 3.27. The summed E-state index contributed by atoms with van der Waals surface area (Å²) in [6.45, 7) is 2.01. The minimum Gasteiger partial charge on any atom is -0.378 e. The Hall–Kier alpha value is -1.98. The number of benzene rings is 1. The summed E-state index contributed by atoms with van der Waals surface area (Å²) in [6.07, 6.45) is 1.76. The molecule has 0 aliphatic heterocycles. The maximum Gasteiger partial charge on any atom is 0.194 e. The van der Waals surface area contributed by atoms with Gasteiger partial charge in [-0.3, -0.25) is 4.68 Å². The van der Waals surface area contributed by atoms with E-state index in [1.165, 1.54) is 0 Å². The van der Waals surface area contributed by atoms with Crippen molar-refractivity contribution in [2.75, 3.05) is 5.32 Å². The van der Waals surface area contributed by atoms with Crippen molar-refractivity contribution >= 4 is 5.69 Å². The predicted octanol–water partition coefficient (Wildman–Crippen LogP) is 2.76. The molecule has 6 heteroatoms. The van der Waals surface area contributed by atoms with E-state index in [2.05, 4.69) is 10.4 Å². The molecule has 0 saturated carbocycles. The predicted molar refractivity (Wildman–Crippen MR) is 61.6 cm³/mol. The van der Waals surface area contributed by atoms with Crippen molar-refractivity contribution in [1.82, 2.24) is 9.78 Å². The van der Waals surface area contributed by atoms with Crippen molar-refractivity contribution in [3.05, 3.63) is 47.0 Å². The third kappa shape index (κ3) is 2.47. The molecule has 1 heterocycles. The summed E-state index contributed by atoms with van der Waals surface area (Å²) in [5.41, 5.74) is 1.87. The normalized spacial score (nSPS) is 10.7. The maximum absolute atomic E-state index is 13.0. The molecule has 0 aliphatic rings. The second-order valence-corrected chi connectivity index (χ2v) is 4.03. The number of aryl methyl sites for hydroxylation is 2. The van der Waals surface area contributed by atoms with E-state index in [1.54, 1.807) is 17.9 Å². The lowest BCUT2D eigenvalue weighted by atomic mass is 10.2. The van der Waals surface area contributed by atoms with E-state index in [0.717, 1.165) is 23.5 Å². The highest BCUT2D eigenvalue weighted by atomic mass is 19.2. The summed E-state index contributed by atoms with van der Waals surface area (Å²) in [6, 6.07) is 1.94. The summed E-state index contributed by atoms with van der Waals surface area (Å²) in [5.74, 6) is -3.82. The summed E-state index contributed by atoms with van der Waals surface area (Å²) >= 11 is 0. The van der Waals surface area contributed by atoms with Gasteiger partial charge in [0.15, 0.2) is 17.5 Å². The van der Waals surface area contributed by atoms with Gasteiger partial charge in [-0.25, -0.2) is 13.2 Å². The van der Waals surface area contributed by atoms with Gasteiger partial charge in [-0.15, -0.1) is 0 Å². The third-order valence-corrected chi connectivity index (χ3v) is 2.54. The molecular formula is C12H12F3N3. The summed E-state index contributed by atoms with van der Waals surface area (Å²) in [4.78, 5) is 0. The second kappa shape index (κ2) is 4.72. The first-order valence-electron chi connectivity index (χ1n) is 5.35. The molecule has 18 heavy (non-hydrogen) atoms. The fourth-order valence-corrected chi connectivity index (χ4v) is 1.68. The molecule has 0 radical (unpaired) electrons. The zero-order valence-corrected chi connectivity index (χ0v) is 9.97. The molecule has 1 aromatic heterocycles. The monoisotopic (exact) mass is 255 g/mol. The second-order valence-electron chi connectivity index (χ2n) is 4.03. The minimum atomic E-state index is -1.45. The van der Waals surface area contributed by atoms with E-state index in [-0.39, 0.29) is 6.54 Å². The van der Waals surface area contributed by atoms with Gasteiger partial charge in [0, 0.05) is 19.8 Å². The Morgan fingerprint density at radius 1 is 1.22 bits per heavy atom. The van der Waals surface area contributed by atoms with Crippen LogP contribution in [0, 0.1) is 24.4 Å². The van der Waals surface area contributed by atoms with Crippen LogP contribution in [0.5, 0.6) is 0 Å². The van der Waals surface area contributed by atoms with Crippen LogP contribution in [0.1, 0.15) is 11.3 Å². The number of halogens is 3. The Balaban J connectivity index is 2.13. The van der Waals surface area contributed by atoms with Crippen LogP contribution in [0.25, 0.3) is 0 Å². The Bertz CT molecular complexity index is 555. The molecule has 1 N–H and O–H groups in total. The van der Waals surface area contributed by atoms with Gasteiger partial charge in [0.1, 0.15) is 0 Å². The zero-order valence-electron chi connectivity index (χ0n) is 9.97. The topological polar surface area (TPSA) is 29.9 Å². The third-order valence-electron chi connectivity index (χ3n) is 2.54. The average Bonchev–Trinajstić information content (AvgIpc) is 2.62. The number of hydrogen-bond donors (Lipinski definition) is 1. The molecule has 0 aliphatic carbocycles. The highest BCUT2D eigenvalue weighted by Crippen LogP contribution is 2.16. The van der Waals surface area contributed by atoms with Crippen LogP contribution in [0.2, 0.25) is 0 Å². The Labute approximate surface area is 102 Å². The molecule has 0 unspecified atom stereocenters. The zero-order chi connectivity index (χ0) is 13.3. The van der Waals surface area contributed by atoms with Gasteiger partial charge in [-0.2, -0.15) is 5.10 Å². The molecule has 0 bridgehead atoms. The fraction of sp³-hybridized carbons (Fsp3) is 0.250. The van der Waals surface area contributed by atoms with Crippen molar-refractivity contribution in [3.8, 4) is 0 Å². The van der Waals surface area contributed by atoms with Crippen molar-refractivity contribution in [2.24, 2.45) is 7.05 Å². The lowest BCUT2D eigenvalue weighted by Gasteiger charge is -2.06. The van der Waals surface area contributed by atoms with Crippen LogP contribution in [0.15, 0.2) is 18.3 Å². The number of hydrogen-bond acceptors (Lipinski definition) is 2. The van der Waals surface area contributed by atoms with Crippen LogP contribution in [0.3, 0.4) is 0 Å². The van der Waals surface area contributed by atoms with Gasteiger partial charge in [-0.1, -0.05) is 0 Å². The summed E-state index contributed by atoms with van der Waals surface area (Å²) in [5, 5.41) is 7.10. The minimum absolute atomic E-state index is 0.195. The smallest absolute Gasteiger partial charge is 0.194 e. The number of nitrogens with zero attached hydrogens (tertiary/aromatic N) is 2. The first-order valence-corrected chi connectivity index (χ1v) is 5.35. The fourth-order valence-electron chi connectivity index (χ4n) is 1.68. The summed E-state index contributed by atoms with van der Waals surface area (Å²) < 4.78 is 40.4. The molecule has 0 fully saturated rings. The van der Waals surface area contributed by atoms with E-state index in [1.807, 2.05) is 6.92 Å². The molecular weight excluding hydrogens is 243 g/mol. The van der Waals surface area contributed by atoms with Gasteiger partial charge in [0.05, 0.1) is 11.4 Å². The lowest BCUT2D eigenvalue weighted by molar-refractivity contribution is 0.445. The van der Waals surface area contributed by atoms with Crippen LogP contribution in [-0.2, 0) is 13.6 Å². The van der Waals surface area contributed by atoms with E-state index in [9.17, 15) is 13.2 Å². The molecule has 0 amide bonds. The Morgan fingerprint density at radius 3 is 2.33 bits per heavy atom. The first kappa shape index (κ1) is 12.5. The molecule has 0 spiro atoms. The number of rotatable bonds is 3. The highest BCUT2D eigenvalue weighted by Gasteiger charge is 2.10. The average molecular weight is 255 g/mol. The van der Waals surface area contributed by atoms with Gasteiger partial charge >= 0.3 is 0 Å². The quantitative estimate of drug-likeness (QED) is 0.855. The van der Waals surface area contributed by atoms with Crippen LogP contribution >= 0.6 is 0 Å². The molecule has 2 aromatic rings. The lowest BCUT2D eigenvalue weighted by Crippen LogP contribution is -2.02. The van der Waals surface area contributed by atoms with E-state index in [0.29, 0.717) is 5.56 Å². The first-order chi connectivity index (χ1) is 8.47. The molecule has 2 rings (SSSR count). The van der Waals surface area contributed by atoms with Crippen molar-refractivity contribution in [3.63, 3.8) is 0 Å². The van der Waals surface area contributed by atoms with Crippen molar-refractivity contribution in [2.45, 2.75) is 13.5 Å². The molecule has 3 nitrogen and oxygen atoms in total. The van der Waals surface area contributed by atoms with E-state index >= 15 is 0 Å².